The molecule has 0 spiro atoms. The number of H-pyrrole nitrogens is 1. The first-order chi connectivity index (χ1) is 15.0. The maximum Gasteiger partial charge on any atom is 0.208 e. The molecule has 0 unspecified atom stereocenters. The molecule has 1 aromatic carbocycles. The Morgan fingerprint density at radius 3 is 2.61 bits per heavy atom. The van der Waals surface area contributed by atoms with Crippen LogP contribution in [0.2, 0.25) is 0 Å². The fraction of sp³-hybridized carbons (Fsp3) is 0.429. The van der Waals surface area contributed by atoms with E-state index in [-0.39, 0.29) is 0 Å². The van der Waals surface area contributed by atoms with E-state index >= 15 is 0 Å². The molecule has 10 heteroatoms. The SMILES string of the molecule is C=C1N=C(Nc2nc3cc(F)c(F)cc3[nH]2)NC=C1N1CCN(CCCCCN)CC1. The zero-order valence-electron chi connectivity index (χ0n) is 17.4. The average Bonchev–Trinajstić information content (AvgIpc) is 3.13. The van der Waals surface area contributed by atoms with Crippen molar-refractivity contribution in [3.8, 4) is 0 Å². The Bertz CT molecular complexity index is 965. The molecule has 1 aromatic heterocycles. The van der Waals surface area contributed by atoms with Gasteiger partial charge in [0.1, 0.15) is 0 Å². The first-order valence-electron chi connectivity index (χ1n) is 10.6. The summed E-state index contributed by atoms with van der Waals surface area (Å²) in [6.45, 7) is 9.82. The van der Waals surface area contributed by atoms with Gasteiger partial charge in [-0.3, -0.25) is 10.2 Å². The Kier molecular flexibility index (Phi) is 6.47. The minimum Gasteiger partial charge on any atom is -0.366 e. The van der Waals surface area contributed by atoms with Crippen molar-refractivity contribution in [3.63, 3.8) is 0 Å². The lowest BCUT2D eigenvalue weighted by Gasteiger charge is -2.38. The Labute approximate surface area is 179 Å². The van der Waals surface area contributed by atoms with E-state index in [1.165, 1.54) is 12.8 Å². The highest BCUT2D eigenvalue weighted by Crippen LogP contribution is 2.21. The number of aliphatic imine (C=N–C) groups is 1. The molecular formula is C21H28F2N8. The number of benzene rings is 1. The number of nitrogens with one attached hydrogen (secondary N) is 3. The van der Waals surface area contributed by atoms with Crippen LogP contribution >= 0.6 is 0 Å². The smallest absolute Gasteiger partial charge is 0.208 e. The van der Waals surface area contributed by atoms with E-state index < -0.39 is 11.6 Å². The third kappa shape index (κ3) is 5.02. The van der Waals surface area contributed by atoms with E-state index in [1.807, 2.05) is 6.20 Å². The van der Waals surface area contributed by atoms with E-state index in [1.54, 1.807) is 0 Å². The lowest BCUT2D eigenvalue weighted by molar-refractivity contribution is 0.158. The number of unbranched alkanes of at least 4 members (excludes halogenated alkanes) is 2. The van der Waals surface area contributed by atoms with Gasteiger partial charge in [0, 0.05) is 44.5 Å². The van der Waals surface area contributed by atoms with Gasteiger partial charge in [-0.15, -0.1) is 0 Å². The van der Waals surface area contributed by atoms with Crippen LogP contribution in [0.15, 0.2) is 41.3 Å². The first-order valence-corrected chi connectivity index (χ1v) is 10.6. The van der Waals surface area contributed by atoms with Crippen LogP contribution in [0.1, 0.15) is 19.3 Å². The van der Waals surface area contributed by atoms with Gasteiger partial charge < -0.3 is 20.9 Å². The van der Waals surface area contributed by atoms with Crippen molar-refractivity contribution in [2.24, 2.45) is 10.7 Å². The summed E-state index contributed by atoms with van der Waals surface area (Å²) in [4.78, 5) is 16.4. The molecule has 2 aliphatic rings. The Morgan fingerprint density at radius 2 is 1.87 bits per heavy atom. The van der Waals surface area contributed by atoms with E-state index in [2.05, 4.69) is 42.0 Å². The molecule has 5 N–H and O–H groups in total. The maximum atomic E-state index is 13.4. The van der Waals surface area contributed by atoms with Crippen LogP contribution in [0.25, 0.3) is 11.0 Å². The van der Waals surface area contributed by atoms with Crippen molar-refractivity contribution in [2.75, 3.05) is 44.6 Å². The van der Waals surface area contributed by atoms with Crippen LogP contribution in [0.4, 0.5) is 14.7 Å². The fourth-order valence-corrected chi connectivity index (χ4v) is 3.83. The number of anilines is 1. The zero-order chi connectivity index (χ0) is 21.8. The number of hydrogen-bond acceptors (Lipinski definition) is 7. The summed E-state index contributed by atoms with van der Waals surface area (Å²) in [5.74, 6) is -1.09. The van der Waals surface area contributed by atoms with Crippen LogP contribution in [0.3, 0.4) is 0 Å². The number of hydrogen-bond donors (Lipinski definition) is 4. The highest BCUT2D eigenvalue weighted by molar-refractivity contribution is 5.96. The third-order valence-electron chi connectivity index (χ3n) is 5.54. The summed E-state index contributed by atoms with van der Waals surface area (Å²) in [6, 6.07) is 2.13. The molecule has 2 aromatic rings. The molecule has 1 fully saturated rings. The van der Waals surface area contributed by atoms with Gasteiger partial charge in [0.25, 0.3) is 0 Å². The number of imidazole rings is 1. The quantitative estimate of drug-likeness (QED) is 0.504. The number of aromatic nitrogens is 2. The van der Waals surface area contributed by atoms with E-state index in [0.717, 1.165) is 63.5 Å². The molecule has 31 heavy (non-hydrogen) atoms. The molecule has 8 nitrogen and oxygen atoms in total. The van der Waals surface area contributed by atoms with E-state index in [0.29, 0.717) is 28.6 Å². The second-order valence-corrected chi connectivity index (χ2v) is 7.75. The van der Waals surface area contributed by atoms with Crippen molar-refractivity contribution in [1.82, 2.24) is 25.1 Å². The molecular weight excluding hydrogens is 402 g/mol. The largest absolute Gasteiger partial charge is 0.366 e. The normalized spacial score (nSPS) is 17.5. The lowest BCUT2D eigenvalue weighted by Crippen LogP contribution is -2.47. The zero-order valence-corrected chi connectivity index (χ0v) is 17.4. The number of halogens is 2. The molecule has 0 radical (unpaired) electrons. The summed E-state index contributed by atoms with van der Waals surface area (Å²) < 4.78 is 26.8. The molecule has 1 saturated heterocycles. The lowest BCUT2D eigenvalue weighted by atomic mass is 10.2. The second-order valence-electron chi connectivity index (χ2n) is 7.75. The standard InChI is InChI=1S/C21H28F2N8/c1-14-19(31-9-7-30(8-10-31)6-4-2-3-5-24)13-25-20(26-14)29-21-27-17-11-15(22)16(23)12-18(17)28-21/h11-13H,1-10,24H2,(H3,25,26,27,28,29). The van der Waals surface area contributed by atoms with E-state index in [9.17, 15) is 8.78 Å². The van der Waals surface area contributed by atoms with Gasteiger partial charge >= 0.3 is 0 Å². The molecule has 0 bridgehead atoms. The van der Waals surface area contributed by atoms with Gasteiger partial charge in [-0.05, 0) is 25.9 Å². The number of nitrogens with zero attached hydrogens (tertiary/aromatic N) is 4. The van der Waals surface area contributed by atoms with Crippen molar-refractivity contribution in [2.45, 2.75) is 19.3 Å². The van der Waals surface area contributed by atoms with Crippen molar-refractivity contribution < 1.29 is 8.78 Å². The summed E-state index contributed by atoms with van der Waals surface area (Å²) in [5.41, 5.74) is 7.88. The molecule has 0 aliphatic carbocycles. The number of nitrogens with two attached hydrogens (primary N) is 1. The number of aromatic amines is 1. The summed E-state index contributed by atoms with van der Waals surface area (Å²) in [5, 5.41) is 6.10. The van der Waals surface area contributed by atoms with Crippen molar-refractivity contribution >= 4 is 22.9 Å². The van der Waals surface area contributed by atoms with Gasteiger partial charge in [-0.25, -0.2) is 18.8 Å². The summed E-state index contributed by atoms with van der Waals surface area (Å²) in [6.07, 6.45) is 5.34. The van der Waals surface area contributed by atoms with Gasteiger partial charge in [0.2, 0.25) is 11.9 Å². The van der Waals surface area contributed by atoms with Crippen LogP contribution in [-0.4, -0.2) is 65.0 Å². The van der Waals surface area contributed by atoms with E-state index in [4.69, 9.17) is 5.73 Å². The van der Waals surface area contributed by atoms with Crippen LogP contribution < -0.4 is 16.4 Å². The first kappa shape index (κ1) is 21.3. The van der Waals surface area contributed by atoms with Crippen LogP contribution in [0, 0.1) is 11.6 Å². The highest BCUT2D eigenvalue weighted by Gasteiger charge is 2.22. The molecule has 3 heterocycles. The fourth-order valence-electron chi connectivity index (χ4n) is 3.83. The van der Waals surface area contributed by atoms with Crippen molar-refractivity contribution in [3.05, 3.63) is 47.9 Å². The molecule has 166 valence electrons. The van der Waals surface area contributed by atoms with Crippen LogP contribution in [0.5, 0.6) is 0 Å². The predicted molar refractivity (Wildman–Crippen MR) is 118 cm³/mol. The van der Waals surface area contributed by atoms with Gasteiger partial charge in [-0.1, -0.05) is 13.0 Å². The minimum absolute atomic E-state index is 0.328. The number of fused-ring (bicyclic) bond motifs is 1. The summed E-state index contributed by atoms with van der Waals surface area (Å²) >= 11 is 0. The maximum absolute atomic E-state index is 13.4. The third-order valence-corrected chi connectivity index (χ3v) is 5.54. The molecule has 0 atom stereocenters. The minimum atomic E-state index is -0.935. The monoisotopic (exact) mass is 430 g/mol. The Balaban J connectivity index is 1.31. The van der Waals surface area contributed by atoms with Crippen molar-refractivity contribution in [1.29, 1.82) is 0 Å². The van der Waals surface area contributed by atoms with Gasteiger partial charge in [-0.2, -0.15) is 0 Å². The average molecular weight is 431 g/mol. The second kappa shape index (κ2) is 9.44. The highest BCUT2D eigenvalue weighted by atomic mass is 19.2. The number of piperazine rings is 1. The van der Waals surface area contributed by atoms with Gasteiger partial charge in [0.15, 0.2) is 11.6 Å². The van der Waals surface area contributed by atoms with Crippen LogP contribution in [-0.2, 0) is 0 Å². The molecule has 0 amide bonds. The molecule has 0 saturated carbocycles. The molecule has 4 rings (SSSR count). The number of rotatable bonds is 7. The summed E-state index contributed by atoms with van der Waals surface area (Å²) in [7, 11) is 0. The topological polar surface area (TPSA) is 97.6 Å². The van der Waals surface area contributed by atoms with Gasteiger partial charge in [0.05, 0.1) is 22.4 Å². The molecule has 2 aliphatic heterocycles. The Hall–Kier alpha value is -2.98. The number of guanidine groups is 1. The Morgan fingerprint density at radius 1 is 1.10 bits per heavy atom. The predicted octanol–water partition coefficient (Wildman–Crippen LogP) is 2.31.